The van der Waals surface area contributed by atoms with Crippen molar-refractivity contribution in [3.05, 3.63) is 52.9 Å². The molecule has 1 aliphatic rings. The van der Waals surface area contributed by atoms with E-state index in [1.807, 2.05) is 18.2 Å². The number of aryl methyl sites for hydroxylation is 2. The van der Waals surface area contributed by atoms with E-state index in [1.165, 1.54) is 36.0 Å². The average Bonchev–Trinajstić information content (AvgIpc) is 3.23. The molecule has 0 aliphatic heterocycles. The Labute approximate surface area is 139 Å². The third-order valence-corrected chi connectivity index (χ3v) is 5.27. The molecule has 1 heterocycles. The van der Waals surface area contributed by atoms with Gasteiger partial charge in [0.25, 0.3) is 0 Å². The van der Waals surface area contributed by atoms with Crippen molar-refractivity contribution >= 4 is 17.0 Å². The van der Waals surface area contributed by atoms with Gasteiger partial charge in [0.05, 0.1) is 18.5 Å². The molecule has 4 rings (SSSR count). The topological polar surface area (TPSA) is 48.1 Å². The van der Waals surface area contributed by atoms with Gasteiger partial charge in [0, 0.05) is 16.5 Å². The Kier molecular flexibility index (Phi) is 3.54. The fourth-order valence-corrected chi connectivity index (χ4v) is 3.96. The van der Waals surface area contributed by atoms with E-state index in [2.05, 4.69) is 23.6 Å². The highest BCUT2D eigenvalue weighted by atomic mass is 32.1. The lowest BCUT2D eigenvalue weighted by Gasteiger charge is -2.05. The lowest BCUT2D eigenvalue weighted by molar-refractivity contribution is 0.417. The molecule has 4 heteroatoms. The van der Waals surface area contributed by atoms with Crippen LogP contribution in [-0.2, 0) is 12.8 Å². The number of aromatic nitrogens is 1. The van der Waals surface area contributed by atoms with Crippen molar-refractivity contribution in [1.82, 2.24) is 4.98 Å². The van der Waals surface area contributed by atoms with Gasteiger partial charge in [0.1, 0.15) is 10.8 Å². The predicted molar refractivity (Wildman–Crippen MR) is 96.0 cm³/mol. The highest BCUT2D eigenvalue weighted by Crippen LogP contribution is 2.34. The molecule has 2 N–H and O–H groups in total. The van der Waals surface area contributed by atoms with Crippen LogP contribution in [0, 0.1) is 0 Å². The summed E-state index contributed by atoms with van der Waals surface area (Å²) in [6.07, 6.45) is 3.67. The number of hydrogen-bond acceptors (Lipinski definition) is 4. The highest BCUT2D eigenvalue weighted by molar-refractivity contribution is 7.13. The van der Waals surface area contributed by atoms with Gasteiger partial charge in [-0.25, -0.2) is 4.98 Å². The molecule has 3 aromatic rings. The van der Waals surface area contributed by atoms with E-state index < -0.39 is 0 Å². The molecule has 0 saturated carbocycles. The Morgan fingerprint density at radius 3 is 2.70 bits per heavy atom. The van der Waals surface area contributed by atoms with Crippen LogP contribution in [0.4, 0.5) is 5.69 Å². The second-order valence-corrected chi connectivity index (χ2v) is 6.69. The van der Waals surface area contributed by atoms with Crippen molar-refractivity contribution < 1.29 is 4.74 Å². The maximum atomic E-state index is 6.00. The van der Waals surface area contributed by atoms with Crippen molar-refractivity contribution in [2.24, 2.45) is 0 Å². The SMILES string of the molecule is COc1ccc(-c2nc(-c3ccc4c(c3)CCC4)cs2)cc1N. The zero-order chi connectivity index (χ0) is 15.8. The third kappa shape index (κ3) is 2.59. The van der Waals surface area contributed by atoms with Gasteiger partial charge >= 0.3 is 0 Å². The monoisotopic (exact) mass is 322 g/mol. The first-order chi connectivity index (χ1) is 11.2. The van der Waals surface area contributed by atoms with Crippen molar-refractivity contribution in [3.8, 4) is 27.6 Å². The summed E-state index contributed by atoms with van der Waals surface area (Å²) < 4.78 is 5.21. The van der Waals surface area contributed by atoms with E-state index in [9.17, 15) is 0 Å². The van der Waals surface area contributed by atoms with E-state index in [0.29, 0.717) is 11.4 Å². The fourth-order valence-electron chi connectivity index (χ4n) is 3.14. The van der Waals surface area contributed by atoms with Crippen molar-refractivity contribution in [3.63, 3.8) is 0 Å². The lowest BCUT2D eigenvalue weighted by Crippen LogP contribution is -1.92. The van der Waals surface area contributed by atoms with Gasteiger partial charge in [-0.1, -0.05) is 12.1 Å². The van der Waals surface area contributed by atoms with Crippen LogP contribution in [0.5, 0.6) is 5.75 Å². The van der Waals surface area contributed by atoms with E-state index >= 15 is 0 Å². The smallest absolute Gasteiger partial charge is 0.141 e. The zero-order valence-electron chi connectivity index (χ0n) is 13.0. The molecular weight excluding hydrogens is 304 g/mol. The second kappa shape index (κ2) is 5.70. The summed E-state index contributed by atoms with van der Waals surface area (Å²) >= 11 is 1.65. The van der Waals surface area contributed by atoms with Gasteiger partial charge in [-0.3, -0.25) is 0 Å². The largest absolute Gasteiger partial charge is 0.495 e. The summed E-state index contributed by atoms with van der Waals surface area (Å²) in [4.78, 5) is 4.79. The van der Waals surface area contributed by atoms with Crippen LogP contribution in [-0.4, -0.2) is 12.1 Å². The van der Waals surface area contributed by atoms with E-state index in [1.54, 1.807) is 18.4 Å². The first kappa shape index (κ1) is 14.3. The number of nitrogens with two attached hydrogens (primary N) is 1. The molecule has 3 nitrogen and oxygen atoms in total. The summed E-state index contributed by atoms with van der Waals surface area (Å²) in [5.74, 6) is 0.698. The number of nitrogen functional groups attached to an aromatic ring is 1. The zero-order valence-corrected chi connectivity index (χ0v) is 13.8. The summed E-state index contributed by atoms with van der Waals surface area (Å²) in [6, 6.07) is 12.5. The van der Waals surface area contributed by atoms with Crippen molar-refractivity contribution in [2.75, 3.05) is 12.8 Å². The normalized spacial score (nSPS) is 13.1. The van der Waals surface area contributed by atoms with Crippen LogP contribution in [0.1, 0.15) is 17.5 Å². The number of anilines is 1. The minimum Gasteiger partial charge on any atom is -0.495 e. The molecule has 0 spiro atoms. The molecular formula is C19H18N2OS. The van der Waals surface area contributed by atoms with Crippen LogP contribution in [0.3, 0.4) is 0 Å². The van der Waals surface area contributed by atoms with Gasteiger partial charge in [-0.2, -0.15) is 0 Å². The molecule has 0 fully saturated rings. The maximum Gasteiger partial charge on any atom is 0.141 e. The lowest BCUT2D eigenvalue weighted by atomic mass is 10.1. The number of thiazole rings is 1. The van der Waals surface area contributed by atoms with Crippen LogP contribution in [0.2, 0.25) is 0 Å². The summed E-state index contributed by atoms with van der Waals surface area (Å²) in [7, 11) is 1.63. The molecule has 1 aliphatic carbocycles. The Morgan fingerprint density at radius 2 is 1.87 bits per heavy atom. The summed E-state index contributed by atoms with van der Waals surface area (Å²) in [5.41, 5.74) is 12.9. The molecule has 0 amide bonds. The molecule has 116 valence electrons. The quantitative estimate of drug-likeness (QED) is 0.719. The number of fused-ring (bicyclic) bond motifs is 1. The Hall–Kier alpha value is -2.33. The van der Waals surface area contributed by atoms with Crippen LogP contribution in [0.25, 0.3) is 21.8 Å². The molecule has 0 unspecified atom stereocenters. The van der Waals surface area contributed by atoms with Gasteiger partial charge in [-0.15, -0.1) is 11.3 Å². The number of nitrogens with zero attached hydrogens (tertiary/aromatic N) is 1. The summed E-state index contributed by atoms with van der Waals surface area (Å²) in [5, 5.41) is 3.10. The van der Waals surface area contributed by atoms with Crippen molar-refractivity contribution in [2.45, 2.75) is 19.3 Å². The van der Waals surface area contributed by atoms with Gasteiger partial charge < -0.3 is 10.5 Å². The van der Waals surface area contributed by atoms with E-state index in [0.717, 1.165) is 16.3 Å². The second-order valence-electron chi connectivity index (χ2n) is 5.83. The Balaban J connectivity index is 1.68. The van der Waals surface area contributed by atoms with Gasteiger partial charge in [-0.05, 0) is 54.7 Å². The molecule has 2 aromatic carbocycles. The third-order valence-electron chi connectivity index (χ3n) is 4.38. The molecule has 0 saturated heterocycles. The molecule has 0 atom stereocenters. The molecule has 1 aromatic heterocycles. The number of ether oxygens (including phenoxy) is 1. The van der Waals surface area contributed by atoms with Crippen LogP contribution < -0.4 is 10.5 Å². The van der Waals surface area contributed by atoms with E-state index in [-0.39, 0.29) is 0 Å². The average molecular weight is 322 g/mol. The van der Waals surface area contributed by atoms with Gasteiger partial charge in [0.2, 0.25) is 0 Å². The predicted octanol–water partition coefficient (Wildman–Crippen LogP) is 4.56. The standard InChI is InChI=1S/C19H18N2OS/c1-22-18-8-7-15(10-16(18)20)19-21-17(11-23-19)14-6-5-12-3-2-4-13(12)9-14/h5-11H,2-4,20H2,1H3. The van der Waals surface area contributed by atoms with Crippen molar-refractivity contribution in [1.29, 1.82) is 0 Å². The number of methoxy groups -OCH3 is 1. The minimum absolute atomic E-state index is 0.638. The number of hydrogen-bond donors (Lipinski definition) is 1. The molecule has 0 radical (unpaired) electrons. The maximum absolute atomic E-state index is 6.00. The minimum atomic E-state index is 0.638. The fraction of sp³-hybridized carbons (Fsp3) is 0.211. The molecule has 23 heavy (non-hydrogen) atoms. The van der Waals surface area contributed by atoms with Gasteiger partial charge in [0.15, 0.2) is 0 Å². The molecule has 0 bridgehead atoms. The number of rotatable bonds is 3. The Bertz CT molecular complexity index is 870. The first-order valence-electron chi connectivity index (χ1n) is 7.76. The Morgan fingerprint density at radius 1 is 1.04 bits per heavy atom. The van der Waals surface area contributed by atoms with Crippen LogP contribution >= 0.6 is 11.3 Å². The van der Waals surface area contributed by atoms with Crippen LogP contribution in [0.15, 0.2) is 41.8 Å². The number of benzene rings is 2. The highest BCUT2D eigenvalue weighted by Gasteiger charge is 2.13. The summed E-state index contributed by atoms with van der Waals surface area (Å²) in [6.45, 7) is 0. The first-order valence-corrected chi connectivity index (χ1v) is 8.64. The van der Waals surface area contributed by atoms with E-state index in [4.69, 9.17) is 15.5 Å².